The third-order valence-corrected chi connectivity index (χ3v) is 5.79. The number of hydrogen-bond acceptors (Lipinski definition) is 5. The molecule has 0 aromatic heterocycles. The van der Waals surface area contributed by atoms with Crippen LogP contribution in [-0.2, 0) is 23.9 Å². The van der Waals surface area contributed by atoms with E-state index in [0.29, 0.717) is 6.42 Å². The number of methoxy groups -OCH3 is 2. The van der Waals surface area contributed by atoms with Crippen LogP contribution in [0.5, 0.6) is 0 Å². The summed E-state index contributed by atoms with van der Waals surface area (Å²) in [6.07, 6.45) is 0.937. The Labute approximate surface area is 137 Å². The molecular weight excluding hydrogens is 296 g/mol. The molecule has 0 unspecified atom stereocenters. The zero-order valence-corrected chi connectivity index (χ0v) is 14.6. The van der Waals surface area contributed by atoms with Gasteiger partial charge in [-0.05, 0) is 30.1 Å². The van der Waals surface area contributed by atoms with Gasteiger partial charge in [-0.3, -0.25) is 14.4 Å². The average Bonchev–Trinajstić information content (AvgIpc) is 2.91. The van der Waals surface area contributed by atoms with Gasteiger partial charge in [0.05, 0.1) is 14.2 Å². The minimum absolute atomic E-state index is 0.0805. The summed E-state index contributed by atoms with van der Waals surface area (Å²) in [5, 5.41) is 0. The molecule has 0 radical (unpaired) electrons. The summed E-state index contributed by atoms with van der Waals surface area (Å²) in [7, 11) is 2.55. The largest absolute Gasteiger partial charge is 0.468 e. The highest BCUT2D eigenvalue weighted by atomic mass is 16.5. The van der Waals surface area contributed by atoms with Gasteiger partial charge in [0.15, 0.2) is 5.41 Å². The normalized spacial score (nSPS) is 31.8. The van der Waals surface area contributed by atoms with E-state index in [1.54, 1.807) is 0 Å². The van der Waals surface area contributed by atoms with E-state index >= 15 is 0 Å². The van der Waals surface area contributed by atoms with Gasteiger partial charge in [-0.1, -0.05) is 32.9 Å². The molecule has 0 aromatic rings. The van der Waals surface area contributed by atoms with Crippen LogP contribution in [-0.4, -0.2) is 31.9 Å². The highest BCUT2D eigenvalue weighted by Gasteiger charge is 2.67. The van der Waals surface area contributed by atoms with Gasteiger partial charge in [0.25, 0.3) is 0 Å². The average molecular weight is 322 g/mol. The number of rotatable bonds is 4. The second-order valence-corrected chi connectivity index (χ2v) is 7.56. The van der Waals surface area contributed by atoms with Crippen molar-refractivity contribution in [3.63, 3.8) is 0 Å². The molecule has 5 heteroatoms. The number of ketones is 1. The fraction of sp³-hybridized carbons (Fsp3) is 0.722. The fourth-order valence-corrected chi connectivity index (χ4v) is 4.57. The Morgan fingerprint density at radius 1 is 1.22 bits per heavy atom. The summed E-state index contributed by atoms with van der Waals surface area (Å²) >= 11 is 0. The summed E-state index contributed by atoms with van der Waals surface area (Å²) in [5.74, 6) is -1.17. The highest BCUT2D eigenvalue weighted by molar-refractivity contribution is 6.01. The Morgan fingerprint density at radius 2 is 1.74 bits per heavy atom. The van der Waals surface area contributed by atoms with Gasteiger partial charge < -0.3 is 9.47 Å². The summed E-state index contributed by atoms with van der Waals surface area (Å²) in [6.45, 7) is 10.1. The standard InChI is InChI=1S/C18H26O5/c1-10(2)11(3)14-12-7-18(15(20)22-5,16(21)23-6)9-17(12,4)8-13(14)19/h10,12,14H,3,7-9H2,1-2,4-6H3/t12-,14-,17-/m0/s1. The number of hydrogen-bond donors (Lipinski definition) is 0. The minimum Gasteiger partial charge on any atom is -0.468 e. The first kappa shape index (κ1) is 17.7. The Kier molecular flexibility index (Phi) is 4.44. The Balaban J connectivity index is 2.44. The lowest BCUT2D eigenvalue weighted by Gasteiger charge is -2.27. The van der Waals surface area contributed by atoms with E-state index in [1.807, 2.05) is 20.8 Å². The van der Waals surface area contributed by atoms with Crippen LogP contribution >= 0.6 is 0 Å². The summed E-state index contributed by atoms with van der Waals surface area (Å²) in [6, 6.07) is 0. The van der Waals surface area contributed by atoms with Crippen LogP contribution in [0.3, 0.4) is 0 Å². The van der Waals surface area contributed by atoms with E-state index in [2.05, 4.69) is 6.58 Å². The maximum absolute atomic E-state index is 12.5. The number of fused-ring (bicyclic) bond motifs is 1. The van der Waals surface area contributed by atoms with E-state index in [4.69, 9.17) is 9.47 Å². The van der Waals surface area contributed by atoms with Gasteiger partial charge >= 0.3 is 11.9 Å². The SMILES string of the molecule is C=C(C(C)C)[C@@H]1C(=O)C[C@@]2(C)CC(C(=O)OC)(C(=O)OC)C[C@@H]12. The predicted molar refractivity (Wildman–Crippen MR) is 84.4 cm³/mol. The fourth-order valence-electron chi connectivity index (χ4n) is 4.57. The molecule has 0 bridgehead atoms. The number of carbonyl (C=O) groups is 3. The summed E-state index contributed by atoms with van der Waals surface area (Å²) < 4.78 is 9.79. The van der Waals surface area contributed by atoms with E-state index in [1.165, 1.54) is 14.2 Å². The third-order valence-electron chi connectivity index (χ3n) is 5.79. The molecule has 2 aliphatic carbocycles. The van der Waals surface area contributed by atoms with E-state index in [-0.39, 0.29) is 36.4 Å². The van der Waals surface area contributed by atoms with Crippen molar-refractivity contribution in [2.75, 3.05) is 14.2 Å². The van der Waals surface area contributed by atoms with Gasteiger partial charge in [0.1, 0.15) is 5.78 Å². The lowest BCUT2D eigenvalue weighted by Crippen LogP contribution is -2.40. The molecular formula is C18H26O5. The van der Waals surface area contributed by atoms with Crippen LogP contribution in [0.25, 0.3) is 0 Å². The molecule has 0 aromatic carbocycles. The first-order valence-corrected chi connectivity index (χ1v) is 8.01. The maximum atomic E-state index is 12.5. The van der Waals surface area contributed by atoms with Crippen molar-refractivity contribution in [1.82, 2.24) is 0 Å². The van der Waals surface area contributed by atoms with Crippen LogP contribution in [0.1, 0.15) is 40.0 Å². The van der Waals surface area contributed by atoms with Gasteiger partial charge in [-0.25, -0.2) is 0 Å². The Bertz CT molecular complexity index is 546. The second kappa shape index (κ2) is 5.77. The van der Waals surface area contributed by atoms with Crippen molar-refractivity contribution in [2.24, 2.45) is 28.6 Å². The van der Waals surface area contributed by atoms with Gasteiger partial charge in [-0.15, -0.1) is 0 Å². The summed E-state index contributed by atoms with van der Waals surface area (Å²) in [4.78, 5) is 37.3. The second-order valence-electron chi connectivity index (χ2n) is 7.56. The molecule has 0 N–H and O–H groups in total. The molecule has 2 rings (SSSR count). The molecule has 2 aliphatic rings. The molecule has 5 nitrogen and oxygen atoms in total. The first-order valence-electron chi connectivity index (χ1n) is 8.01. The molecule has 128 valence electrons. The number of esters is 2. The van der Waals surface area contributed by atoms with Crippen molar-refractivity contribution in [3.05, 3.63) is 12.2 Å². The smallest absolute Gasteiger partial charge is 0.323 e. The van der Waals surface area contributed by atoms with Crippen LogP contribution in [0.4, 0.5) is 0 Å². The Morgan fingerprint density at radius 3 is 2.17 bits per heavy atom. The number of Topliss-reactive ketones (excluding diaryl/α,β-unsaturated/α-hetero) is 1. The van der Waals surface area contributed by atoms with Crippen LogP contribution in [0.2, 0.25) is 0 Å². The van der Waals surface area contributed by atoms with Crippen molar-refractivity contribution in [1.29, 1.82) is 0 Å². The molecule has 0 aliphatic heterocycles. The topological polar surface area (TPSA) is 69.7 Å². The van der Waals surface area contributed by atoms with Crippen LogP contribution in [0, 0.1) is 28.6 Å². The van der Waals surface area contributed by atoms with E-state index in [0.717, 1.165) is 5.57 Å². The minimum atomic E-state index is -1.31. The highest BCUT2D eigenvalue weighted by Crippen LogP contribution is 2.63. The zero-order chi connectivity index (χ0) is 17.6. The first-order chi connectivity index (χ1) is 10.6. The molecule has 0 amide bonds. The lowest BCUT2D eigenvalue weighted by molar-refractivity contribution is -0.169. The number of carbonyl (C=O) groups excluding carboxylic acids is 3. The van der Waals surface area contributed by atoms with Gasteiger partial charge in [0, 0.05) is 12.3 Å². The van der Waals surface area contributed by atoms with Crippen molar-refractivity contribution < 1.29 is 23.9 Å². The van der Waals surface area contributed by atoms with Crippen LogP contribution < -0.4 is 0 Å². The van der Waals surface area contributed by atoms with Crippen LogP contribution in [0.15, 0.2) is 12.2 Å². The Hall–Kier alpha value is -1.65. The van der Waals surface area contributed by atoms with Crippen molar-refractivity contribution >= 4 is 17.7 Å². The quantitative estimate of drug-likeness (QED) is 0.452. The molecule has 0 spiro atoms. The zero-order valence-electron chi connectivity index (χ0n) is 14.6. The lowest BCUT2D eigenvalue weighted by atomic mass is 9.76. The van der Waals surface area contributed by atoms with E-state index < -0.39 is 22.8 Å². The molecule has 0 heterocycles. The van der Waals surface area contributed by atoms with Gasteiger partial charge in [0.2, 0.25) is 0 Å². The summed E-state index contributed by atoms with van der Waals surface area (Å²) in [5.41, 5.74) is -0.824. The van der Waals surface area contributed by atoms with E-state index in [9.17, 15) is 14.4 Å². The van der Waals surface area contributed by atoms with Crippen molar-refractivity contribution in [3.8, 4) is 0 Å². The molecule has 3 atom stereocenters. The number of ether oxygens (including phenoxy) is 2. The molecule has 2 fully saturated rings. The predicted octanol–water partition coefficient (Wildman–Crippen LogP) is 2.54. The molecule has 23 heavy (non-hydrogen) atoms. The monoisotopic (exact) mass is 322 g/mol. The maximum Gasteiger partial charge on any atom is 0.323 e. The molecule has 0 saturated heterocycles. The third kappa shape index (κ3) is 2.50. The van der Waals surface area contributed by atoms with Gasteiger partial charge in [-0.2, -0.15) is 0 Å². The van der Waals surface area contributed by atoms with Crippen molar-refractivity contribution in [2.45, 2.75) is 40.0 Å². The molecule has 2 saturated carbocycles. The number of allylic oxidation sites excluding steroid dienone is 1.